The minimum atomic E-state index is -0.213. The molecule has 0 aliphatic carbocycles. The van der Waals surface area contributed by atoms with Crippen LogP contribution >= 0.6 is 0 Å². The molecule has 1 aliphatic heterocycles. The average Bonchev–Trinajstić information content (AvgIpc) is 1.86. The summed E-state index contributed by atoms with van der Waals surface area (Å²) in [5.74, 6) is 0. The Balaban J connectivity index is 2.60. The summed E-state index contributed by atoms with van der Waals surface area (Å²) in [5.41, 5.74) is 0. The van der Waals surface area contributed by atoms with E-state index in [1.165, 1.54) is 12.3 Å². The summed E-state index contributed by atoms with van der Waals surface area (Å²) in [6.07, 6.45) is 5.22. The van der Waals surface area contributed by atoms with Gasteiger partial charge in [0.05, 0.1) is 0 Å². The molecule has 1 atom stereocenters. The SMILES string of the molecule is [O-][NH+]1C=C[C]=N1. The molecule has 0 fully saturated rings. The van der Waals surface area contributed by atoms with Crippen LogP contribution in [0.1, 0.15) is 0 Å². The zero-order valence-electron chi connectivity index (χ0n) is 3.01. The van der Waals surface area contributed by atoms with Crippen molar-refractivity contribution in [2.75, 3.05) is 0 Å². The van der Waals surface area contributed by atoms with Crippen LogP contribution in [-0.2, 0) is 0 Å². The molecule has 3 nitrogen and oxygen atoms in total. The second-order valence-corrected chi connectivity index (χ2v) is 0.912. The number of rotatable bonds is 0. The zero-order valence-corrected chi connectivity index (χ0v) is 3.01. The number of hydroxylamine groups is 1. The van der Waals surface area contributed by atoms with E-state index >= 15 is 0 Å². The number of hydrogen-bond donors (Lipinski definition) is 1. The molecule has 0 amide bonds. The monoisotopic (exact) mass is 83.0 g/mol. The van der Waals surface area contributed by atoms with E-state index in [0.29, 0.717) is 0 Å². The summed E-state index contributed by atoms with van der Waals surface area (Å²) in [6.45, 7) is 0. The van der Waals surface area contributed by atoms with E-state index < -0.39 is 0 Å². The Morgan fingerprint density at radius 2 is 2.67 bits per heavy atom. The van der Waals surface area contributed by atoms with Gasteiger partial charge in [-0.3, -0.25) is 0 Å². The fraction of sp³-hybridized carbons (Fsp3) is 0. The minimum absolute atomic E-state index is 0.213. The highest BCUT2D eigenvalue weighted by molar-refractivity contribution is 5.70. The van der Waals surface area contributed by atoms with Crippen molar-refractivity contribution in [2.24, 2.45) is 5.10 Å². The summed E-state index contributed by atoms with van der Waals surface area (Å²) in [7, 11) is 0. The van der Waals surface area contributed by atoms with Gasteiger partial charge in [0.25, 0.3) is 0 Å². The first-order chi connectivity index (χ1) is 2.89. The molecule has 1 radical (unpaired) electrons. The first-order valence-electron chi connectivity index (χ1n) is 1.56. The molecule has 0 aromatic heterocycles. The van der Waals surface area contributed by atoms with Crippen LogP contribution in [0.4, 0.5) is 0 Å². The molecular weight excluding hydrogens is 80.0 g/mol. The van der Waals surface area contributed by atoms with Gasteiger partial charge in [0.1, 0.15) is 6.20 Å². The van der Waals surface area contributed by atoms with E-state index in [1.807, 2.05) is 0 Å². The molecule has 0 saturated heterocycles. The zero-order chi connectivity index (χ0) is 4.41. The lowest BCUT2D eigenvalue weighted by atomic mass is 10.7. The van der Waals surface area contributed by atoms with E-state index in [1.54, 1.807) is 0 Å². The van der Waals surface area contributed by atoms with E-state index in [9.17, 15) is 5.21 Å². The van der Waals surface area contributed by atoms with Crippen molar-refractivity contribution in [2.45, 2.75) is 0 Å². The fourth-order valence-electron chi connectivity index (χ4n) is 0.247. The molecule has 0 spiro atoms. The molecule has 1 heterocycles. The summed E-state index contributed by atoms with van der Waals surface area (Å²) in [5, 5.41) is 13.0. The number of allylic oxidation sites excluding steroid dienone is 1. The Morgan fingerprint density at radius 1 is 1.83 bits per heavy atom. The first kappa shape index (κ1) is 3.52. The van der Waals surface area contributed by atoms with Gasteiger partial charge < -0.3 is 5.21 Å². The highest BCUT2D eigenvalue weighted by Crippen LogP contribution is 1.62. The number of quaternary nitrogens is 1. The molecule has 0 aromatic rings. The number of hydrogen-bond acceptors (Lipinski definition) is 2. The van der Waals surface area contributed by atoms with Gasteiger partial charge in [-0.1, -0.05) is 5.10 Å². The van der Waals surface area contributed by atoms with Crippen LogP contribution in [0.2, 0.25) is 0 Å². The first-order valence-corrected chi connectivity index (χ1v) is 1.56. The Bertz CT molecular complexity index is 85.0. The molecule has 3 heteroatoms. The van der Waals surface area contributed by atoms with Gasteiger partial charge in [-0.2, -0.15) is 0 Å². The molecule has 1 aliphatic rings. The topological polar surface area (TPSA) is 39.9 Å². The predicted octanol–water partition coefficient (Wildman–Crippen LogP) is -1.24. The van der Waals surface area contributed by atoms with E-state index in [0.717, 1.165) is 0 Å². The third kappa shape index (κ3) is 0.451. The van der Waals surface area contributed by atoms with Gasteiger partial charge in [0.15, 0.2) is 6.21 Å². The van der Waals surface area contributed by atoms with E-state index in [-0.39, 0.29) is 5.17 Å². The minimum Gasteiger partial charge on any atom is -0.601 e. The molecule has 0 saturated carbocycles. The van der Waals surface area contributed by atoms with E-state index in [2.05, 4.69) is 11.3 Å². The third-order valence-electron chi connectivity index (χ3n) is 0.475. The van der Waals surface area contributed by atoms with E-state index in [4.69, 9.17) is 0 Å². The lowest BCUT2D eigenvalue weighted by Gasteiger charge is -2.00. The van der Waals surface area contributed by atoms with Crippen LogP contribution in [0.25, 0.3) is 0 Å². The summed E-state index contributed by atoms with van der Waals surface area (Å²) >= 11 is 0. The highest BCUT2D eigenvalue weighted by atomic mass is 16.5. The number of nitrogens with zero attached hydrogens (tertiary/aromatic N) is 1. The van der Waals surface area contributed by atoms with Gasteiger partial charge in [-0.05, 0) is 0 Å². The van der Waals surface area contributed by atoms with Gasteiger partial charge in [-0.15, -0.1) is 0 Å². The van der Waals surface area contributed by atoms with Crippen LogP contribution in [0.15, 0.2) is 17.4 Å². The van der Waals surface area contributed by atoms with Gasteiger partial charge in [0.2, 0.25) is 0 Å². The van der Waals surface area contributed by atoms with Gasteiger partial charge in [-0.25, -0.2) is 5.17 Å². The van der Waals surface area contributed by atoms with Gasteiger partial charge in [0, 0.05) is 6.08 Å². The van der Waals surface area contributed by atoms with Crippen LogP contribution in [0.5, 0.6) is 0 Å². The molecule has 0 bridgehead atoms. The Morgan fingerprint density at radius 3 is 2.83 bits per heavy atom. The molecule has 1 unspecified atom stereocenters. The molecule has 1 rings (SSSR count). The normalized spacial score (nSPS) is 29.2. The van der Waals surface area contributed by atoms with Crippen LogP contribution in [0.3, 0.4) is 0 Å². The van der Waals surface area contributed by atoms with Crippen molar-refractivity contribution in [1.29, 1.82) is 0 Å². The molecule has 1 N–H and O–H groups in total. The maximum atomic E-state index is 9.93. The summed E-state index contributed by atoms with van der Waals surface area (Å²) in [6, 6.07) is 0. The van der Waals surface area contributed by atoms with Crippen molar-refractivity contribution < 1.29 is 5.17 Å². The third-order valence-corrected chi connectivity index (χ3v) is 0.475. The van der Waals surface area contributed by atoms with Crippen molar-refractivity contribution >= 4 is 6.21 Å². The quantitative estimate of drug-likeness (QED) is 0.365. The maximum Gasteiger partial charge on any atom is 0.156 e. The lowest BCUT2D eigenvalue weighted by Crippen LogP contribution is -2.95. The fourth-order valence-corrected chi connectivity index (χ4v) is 0.247. The average molecular weight is 83.1 g/mol. The standard InChI is InChI=1S/C3H3N2O/c6-5-3-1-2-4-5/h1,3,5H. The van der Waals surface area contributed by atoms with Crippen molar-refractivity contribution in [3.63, 3.8) is 0 Å². The Hall–Kier alpha value is -0.670. The Kier molecular flexibility index (Phi) is 0.703. The predicted molar refractivity (Wildman–Crippen MR) is 20.9 cm³/mol. The number of nitrogens with one attached hydrogen (secondary N) is 1. The summed E-state index contributed by atoms with van der Waals surface area (Å²) < 4.78 is 0. The second-order valence-electron chi connectivity index (χ2n) is 0.912. The van der Waals surface area contributed by atoms with Crippen molar-refractivity contribution in [3.05, 3.63) is 17.5 Å². The largest absolute Gasteiger partial charge is 0.601 e. The smallest absolute Gasteiger partial charge is 0.156 e. The van der Waals surface area contributed by atoms with Crippen LogP contribution < -0.4 is 5.17 Å². The lowest BCUT2D eigenvalue weighted by molar-refractivity contribution is -0.795. The maximum absolute atomic E-state index is 9.93. The molecular formula is C3H3N2O. The van der Waals surface area contributed by atoms with Crippen molar-refractivity contribution in [1.82, 2.24) is 0 Å². The molecule has 31 valence electrons. The molecule has 6 heavy (non-hydrogen) atoms. The highest BCUT2D eigenvalue weighted by Gasteiger charge is 1.87. The Labute approximate surface area is 35.1 Å². The van der Waals surface area contributed by atoms with Gasteiger partial charge >= 0.3 is 0 Å². The summed E-state index contributed by atoms with van der Waals surface area (Å²) in [4.78, 5) is 0. The molecule has 0 aromatic carbocycles. The van der Waals surface area contributed by atoms with Crippen molar-refractivity contribution in [3.8, 4) is 0 Å². The second kappa shape index (κ2) is 1.20. The van der Waals surface area contributed by atoms with Crippen LogP contribution in [-0.4, -0.2) is 6.21 Å². The van der Waals surface area contributed by atoms with Crippen LogP contribution in [0, 0.1) is 5.21 Å².